The number of likely N-dealkylation sites (tertiary alicyclic amines) is 1. The summed E-state index contributed by atoms with van der Waals surface area (Å²) in [6.07, 6.45) is 13.2. The van der Waals surface area contributed by atoms with Crippen molar-refractivity contribution >= 4 is 0 Å². The molecule has 1 heterocycles. The summed E-state index contributed by atoms with van der Waals surface area (Å²) in [6, 6.07) is 0.887. The van der Waals surface area contributed by atoms with Gasteiger partial charge in [0.1, 0.15) is 0 Å². The van der Waals surface area contributed by atoms with E-state index < -0.39 is 0 Å². The van der Waals surface area contributed by atoms with E-state index in [1.54, 1.807) is 0 Å². The van der Waals surface area contributed by atoms with Gasteiger partial charge in [-0.05, 0) is 76.5 Å². The largest absolute Gasteiger partial charge is 0.314 e. The first kappa shape index (κ1) is 12.0. The topological polar surface area (TPSA) is 15.3 Å². The van der Waals surface area contributed by atoms with Crippen LogP contribution < -0.4 is 5.32 Å². The lowest BCUT2D eigenvalue weighted by Crippen LogP contribution is -2.39. The van der Waals surface area contributed by atoms with Crippen LogP contribution in [0.5, 0.6) is 0 Å². The number of nitrogens with one attached hydrogen (secondary N) is 1. The highest BCUT2D eigenvalue weighted by atomic mass is 15.1. The van der Waals surface area contributed by atoms with Gasteiger partial charge < -0.3 is 10.2 Å². The quantitative estimate of drug-likeness (QED) is 0.738. The Labute approximate surface area is 106 Å². The number of piperidine rings is 1. The second-order valence-electron chi connectivity index (χ2n) is 6.63. The number of nitrogens with zero attached hydrogens (tertiary/aromatic N) is 1. The van der Waals surface area contributed by atoms with E-state index in [4.69, 9.17) is 0 Å². The maximum Gasteiger partial charge on any atom is 0.00682 e. The predicted octanol–water partition coefficient (Wildman–Crippen LogP) is 2.78. The fourth-order valence-electron chi connectivity index (χ4n) is 3.77. The van der Waals surface area contributed by atoms with Gasteiger partial charge in [0.05, 0.1) is 0 Å². The Kier molecular flexibility index (Phi) is 3.72. The number of rotatable bonds is 5. The van der Waals surface area contributed by atoms with Gasteiger partial charge >= 0.3 is 0 Å². The highest BCUT2D eigenvalue weighted by molar-refractivity contribution is 4.89. The van der Waals surface area contributed by atoms with Crippen molar-refractivity contribution in [2.45, 2.75) is 63.8 Å². The molecule has 0 amide bonds. The molecule has 0 radical (unpaired) electrons. The van der Waals surface area contributed by atoms with Crippen molar-refractivity contribution in [3.63, 3.8) is 0 Å². The fourth-order valence-corrected chi connectivity index (χ4v) is 3.77. The summed E-state index contributed by atoms with van der Waals surface area (Å²) in [5.74, 6) is 0. The predicted molar refractivity (Wildman–Crippen MR) is 72.2 cm³/mol. The molecule has 17 heavy (non-hydrogen) atoms. The Morgan fingerprint density at radius 2 is 1.71 bits per heavy atom. The molecular formula is C15H28N2. The zero-order chi connectivity index (χ0) is 11.6. The van der Waals surface area contributed by atoms with E-state index in [9.17, 15) is 0 Å². The molecule has 0 unspecified atom stereocenters. The van der Waals surface area contributed by atoms with E-state index in [-0.39, 0.29) is 0 Å². The molecule has 3 aliphatic rings. The molecule has 2 aliphatic carbocycles. The van der Waals surface area contributed by atoms with Crippen LogP contribution in [-0.4, -0.2) is 37.1 Å². The minimum absolute atomic E-state index is 0.794. The number of hydrogen-bond donors (Lipinski definition) is 1. The standard InChI is InChI=1S/C15H28N2/c1-2-7-15(6-1)8-12-17(13-9-15)11-3-10-16-14-4-5-14/h14,16H,1-13H2. The summed E-state index contributed by atoms with van der Waals surface area (Å²) in [4.78, 5) is 2.71. The van der Waals surface area contributed by atoms with Gasteiger partial charge in [-0.15, -0.1) is 0 Å². The molecule has 2 saturated carbocycles. The average Bonchev–Trinajstić information content (AvgIpc) is 3.08. The van der Waals surface area contributed by atoms with Gasteiger partial charge in [-0.25, -0.2) is 0 Å². The summed E-state index contributed by atoms with van der Waals surface area (Å²) in [6.45, 7) is 5.33. The Morgan fingerprint density at radius 3 is 2.35 bits per heavy atom. The molecule has 1 spiro atoms. The van der Waals surface area contributed by atoms with Crippen molar-refractivity contribution in [2.75, 3.05) is 26.2 Å². The molecule has 2 nitrogen and oxygen atoms in total. The van der Waals surface area contributed by atoms with Gasteiger partial charge in [0.15, 0.2) is 0 Å². The van der Waals surface area contributed by atoms with Crippen LogP contribution in [0, 0.1) is 5.41 Å². The first-order valence-electron chi connectivity index (χ1n) is 7.82. The molecule has 1 saturated heterocycles. The fraction of sp³-hybridized carbons (Fsp3) is 1.00. The Balaban J connectivity index is 1.30. The van der Waals surface area contributed by atoms with Crippen LogP contribution in [0.4, 0.5) is 0 Å². The van der Waals surface area contributed by atoms with Gasteiger partial charge in [0.25, 0.3) is 0 Å². The lowest BCUT2D eigenvalue weighted by atomic mass is 9.77. The highest BCUT2D eigenvalue weighted by Gasteiger charge is 2.36. The maximum absolute atomic E-state index is 3.62. The molecule has 0 aromatic rings. The van der Waals surface area contributed by atoms with Gasteiger partial charge in [-0.3, -0.25) is 0 Å². The van der Waals surface area contributed by atoms with E-state index in [1.165, 1.54) is 84.0 Å². The average molecular weight is 236 g/mol. The third kappa shape index (κ3) is 3.23. The van der Waals surface area contributed by atoms with E-state index in [0.717, 1.165) is 11.5 Å². The lowest BCUT2D eigenvalue weighted by Gasteiger charge is -2.39. The normalized spacial score (nSPS) is 28.9. The molecular weight excluding hydrogens is 208 g/mol. The summed E-state index contributed by atoms with van der Waals surface area (Å²) in [7, 11) is 0. The Hall–Kier alpha value is -0.0800. The zero-order valence-corrected chi connectivity index (χ0v) is 11.2. The van der Waals surface area contributed by atoms with Crippen LogP contribution in [-0.2, 0) is 0 Å². The maximum atomic E-state index is 3.62. The van der Waals surface area contributed by atoms with Crippen molar-refractivity contribution in [1.82, 2.24) is 10.2 Å². The molecule has 1 aliphatic heterocycles. The second kappa shape index (κ2) is 5.27. The minimum atomic E-state index is 0.794. The van der Waals surface area contributed by atoms with E-state index in [2.05, 4.69) is 10.2 Å². The third-order valence-electron chi connectivity index (χ3n) is 5.24. The van der Waals surface area contributed by atoms with Crippen LogP contribution in [0.1, 0.15) is 57.8 Å². The Bertz CT molecular complexity index is 231. The van der Waals surface area contributed by atoms with Crippen LogP contribution in [0.25, 0.3) is 0 Å². The zero-order valence-electron chi connectivity index (χ0n) is 11.2. The van der Waals surface area contributed by atoms with E-state index in [1.807, 2.05) is 0 Å². The Morgan fingerprint density at radius 1 is 1.00 bits per heavy atom. The monoisotopic (exact) mass is 236 g/mol. The number of hydrogen-bond acceptors (Lipinski definition) is 2. The molecule has 3 rings (SSSR count). The summed E-state index contributed by atoms with van der Waals surface area (Å²) in [5, 5.41) is 3.62. The van der Waals surface area contributed by atoms with Crippen molar-refractivity contribution in [2.24, 2.45) is 5.41 Å². The second-order valence-corrected chi connectivity index (χ2v) is 6.63. The molecule has 3 fully saturated rings. The van der Waals surface area contributed by atoms with Gasteiger partial charge in [0, 0.05) is 6.04 Å². The van der Waals surface area contributed by atoms with Crippen molar-refractivity contribution in [3.05, 3.63) is 0 Å². The molecule has 98 valence electrons. The highest BCUT2D eigenvalue weighted by Crippen LogP contribution is 2.45. The lowest BCUT2D eigenvalue weighted by molar-refractivity contribution is 0.108. The minimum Gasteiger partial charge on any atom is -0.314 e. The van der Waals surface area contributed by atoms with Crippen molar-refractivity contribution < 1.29 is 0 Å². The summed E-state index contributed by atoms with van der Waals surface area (Å²) in [5.41, 5.74) is 0.794. The van der Waals surface area contributed by atoms with Crippen LogP contribution >= 0.6 is 0 Å². The van der Waals surface area contributed by atoms with Crippen molar-refractivity contribution in [3.8, 4) is 0 Å². The third-order valence-corrected chi connectivity index (χ3v) is 5.24. The van der Waals surface area contributed by atoms with E-state index in [0.29, 0.717) is 0 Å². The SMILES string of the molecule is C(CNC1CC1)CN1CCC2(CCCC2)CC1. The molecule has 0 aromatic carbocycles. The van der Waals surface area contributed by atoms with Gasteiger partial charge in [-0.1, -0.05) is 12.8 Å². The van der Waals surface area contributed by atoms with Gasteiger partial charge in [-0.2, -0.15) is 0 Å². The first-order chi connectivity index (χ1) is 8.36. The molecule has 0 bridgehead atoms. The molecule has 2 heteroatoms. The molecule has 1 N–H and O–H groups in total. The van der Waals surface area contributed by atoms with Crippen LogP contribution in [0.3, 0.4) is 0 Å². The van der Waals surface area contributed by atoms with E-state index >= 15 is 0 Å². The van der Waals surface area contributed by atoms with Gasteiger partial charge in [0.2, 0.25) is 0 Å². The molecule has 0 atom stereocenters. The summed E-state index contributed by atoms with van der Waals surface area (Å²) >= 11 is 0. The van der Waals surface area contributed by atoms with Crippen LogP contribution in [0.15, 0.2) is 0 Å². The van der Waals surface area contributed by atoms with Crippen LogP contribution in [0.2, 0.25) is 0 Å². The van der Waals surface area contributed by atoms with Crippen molar-refractivity contribution in [1.29, 1.82) is 0 Å². The first-order valence-corrected chi connectivity index (χ1v) is 7.82. The summed E-state index contributed by atoms with van der Waals surface area (Å²) < 4.78 is 0. The smallest absolute Gasteiger partial charge is 0.00682 e. The molecule has 0 aromatic heterocycles.